The van der Waals surface area contributed by atoms with Gasteiger partial charge in [-0.1, -0.05) is 25.7 Å². The van der Waals surface area contributed by atoms with E-state index in [4.69, 9.17) is 4.74 Å². The van der Waals surface area contributed by atoms with Gasteiger partial charge >= 0.3 is 0 Å². The zero-order valence-electron chi connectivity index (χ0n) is 15.9. The number of nitrogens with zero attached hydrogens (tertiary/aromatic N) is 3. The number of piperazine rings is 1. The third kappa shape index (κ3) is 6.95. The van der Waals surface area contributed by atoms with Gasteiger partial charge in [0.2, 0.25) is 0 Å². The highest BCUT2D eigenvalue weighted by Crippen LogP contribution is 2.19. The molecule has 6 heteroatoms. The molecular weight excluding hydrogens is 302 g/mol. The van der Waals surface area contributed by atoms with E-state index in [1.165, 1.54) is 38.5 Å². The molecule has 24 heavy (non-hydrogen) atoms. The Hall–Kier alpha value is -0.850. The van der Waals surface area contributed by atoms with Gasteiger partial charge < -0.3 is 20.3 Å². The number of hydrogen-bond acceptors (Lipinski definition) is 4. The Morgan fingerprint density at radius 3 is 2.54 bits per heavy atom. The van der Waals surface area contributed by atoms with Crippen LogP contribution in [0.3, 0.4) is 0 Å². The number of rotatable bonds is 6. The van der Waals surface area contributed by atoms with Crippen LogP contribution in [-0.4, -0.2) is 88.4 Å². The van der Waals surface area contributed by atoms with E-state index in [9.17, 15) is 0 Å². The quantitative estimate of drug-likeness (QED) is 0.329. The molecule has 0 radical (unpaired) electrons. The molecule has 140 valence electrons. The molecule has 0 aromatic carbocycles. The Balaban J connectivity index is 1.60. The maximum absolute atomic E-state index is 6.02. The third-order valence-electron chi connectivity index (χ3n) is 5.26. The highest BCUT2D eigenvalue weighted by atomic mass is 16.5. The van der Waals surface area contributed by atoms with Crippen molar-refractivity contribution in [3.63, 3.8) is 0 Å². The zero-order valence-corrected chi connectivity index (χ0v) is 15.9. The van der Waals surface area contributed by atoms with Crippen molar-refractivity contribution >= 4 is 5.96 Å². The van der Waals surface area contributed by atoms with Crippen LogP contribution in [0.2, 0.25) is 0 Å². The molecule has 2 aliphatic rings. The highest BCUT2D eigenvalue weighted by molar-refractivity contribution is 5.79. The standard InChI is InChI=1S/C18H37N5O/c1-19-18(21-14-16-15-22(2)11-12-23(16)3)20-10-13-24-17-8-6-4-5-7-9-17/h16-17H,4-15H2,1-3H3,(H2,19,20,21). The molecule has 0 aromatic rings. The van der Waals surface area contributed by atoms with Crippen molar-refractivity contribution in [2.45, 2.75) is 50.7 Å². The van der Waals surface area contributed by atoms with Crippen LogP contribution in [0.25, 0.3) is 0 Å². The first kappa shape index (κ1) is 19.5. The summed E-state index contributed by atoms with van der Waals surface area (Å²) in [4.78, 5) is 9.14. The Kier molecular flexibility index (Phi) is 8.84. The van der Waals surface area contributed by atoms with Crippen molar-refractivity contribution in [3.05, 3.63) is 0 Å². The van der Waals surface area contributed by atoms with E-state index in [1.54, 1.807) is 0 Å². The first-order valence-electron chi connectivity index (χ1n) is 9.64. The molecule has 0 amide bonds. The van der Waals surface area contributed by atoms with Gasteiger partial charge in [-0.05, 0) is 26.9 Å². The zero-order chi connectivity index (χ0) is 17.2. The molecule has 0 spiro atoms. The molecule has 1 aliphatic carbocycles. The molecule has 1 aliphatic heterocycles. The van der Waals surface area contributed by atoms with Crippen molar-refractivity contribution in [1.82, 2.24) is 20.4 Å². The van der Waals surface area contributed by atoms with Gasteiger partial charge in [0, 0.05) is 45.8 Å². The van der Waals surface area contributed by atoms with Crippen LogP contribution in [0.15, 0.2) is 4.99 Å². The minimum absolute atomic E-state index is 0.468. The van der Waals surface area contributed by atoms with Crippen LogP contribution < -0.4 is 10.6 Å². The smallest absolute Gasteiger partial charge is 0.191 e. The van der Waals surface area contributed by atoms with E-state index in [2.05, 4.69) is 39.5 Å². The van der Waals surface area contributed by atoms with Crippen LogP contribution in [0.1, 0.15) is 38.5 Å². The average molecular weight is 340 g/mol. The van der Waals surface area contributed by atoms with E-state index < -0.39 is 0 Å². The monoisotopic (exact) mass is 339 g/mol. The summed E-state index contributed by atoms with van der Waals surface area (Å²) in [6.45, 7) is 5.88. The number of hydrogen-bond donors (Lipinski definition) is 2. The second kappa shape index (κ2) is 10.9. The lowest BCUT2D eigenvalue weighted by Gasteiger charge is -2.37. The summed E-state index contributed by atoms with van der Waals surface area (Å²) in [7, 11) is 6.23. The van der Waals surface area contributed by atoms with Crippen LogP contribution >= 0.6 is 0 Å². The maximum Gasteiger partial charge on any atom is 0.191 e. The van der Waals surface area contributed by atoms with E-state index >= 15 is 0 Å². The lowest BCUT2D eigenvalue weighted by atomic mass is 10.1. The molecule has 1 atom stereocenters. The predicted octanol–water partition coefficient (Wildman–Crippen LogP) is 1.14. The molecular formula is C18H37N5O. The topological polar surface area (TPSA) is 52.1 Å². The number of likely N-dealkylation sites (N-methyl/N-ethyl adjacent to an activating group) is 2. The minimum Gasteiger partial charge on any atom is -0.376 e. The van der Waals surface area contributed by atoms with Gasteiger partial charge in [-0.3, -0.25) is 9.89 Å². The number of ether oxygens (including phenoxy) is 1. The summed E-state index contributed by atoms with van der Waals surface area (Å²) in [6.07, 6.45) is 8.33. The molecule has 1 saturated carbocycles. The van der Waals surface area contributed by atoms with E-state index in [0.717, 1.165) is 45.3 Å². The van der Waals surface area contributed by atoms with Gasteiger partial charge in [-0.25, -0.2) is 0 Å². The molecule has 1 saturated heterocycles. The van der Waals surface area contributed by atoms with Crippen molar-refractivity contribution in [1.29, 1.82) is 0 Å². The van der Waals surface area contributed by atoms with Gasteiger partial charge in [0.25, 0.3) is 0 Å². The molecule has 1 unspecified atom stereocenters. The fraction of sp³-hybridized carbons (Fsp3) is 0.944. The first-order valence-corrected chi connectivity index (χ1v) is 9.64. The van der Waals surface area contributed by atoms with Crippen molar-refractivity contribution in [2.75, 3.05) is 60.5 Å². The summed E-state index contributed by atoms with van der Waals surface area (Å²) in [5.41, 5.74) is 0. The molecule has 6 nitrogen and oxygen atoms in total. The summed E-state index contributed by atoms with van der Waals surface area (Å²) in [6, 6.07) is 0.532. The second-order valence-electron chi connectivity index (χ2n) is 7.26. The van der Waals surface area contributed by atoms with Gasteiger partial charge in [0.05, 0.1) is 12.7 Å². The summed E-state index contributed by atoms with van der Waals surface area (Å²) < 4.78 is 6.02. The van der Waals surface area contributed by atoms with Gasteiger partial charge in [-0.15, -0.1) is 0 Å². The number of aliphatic imine (C=N–C) groups is 1. The Morgan fingerprint density at radius 1 is 1.08 bits per heavy atom. The molecule has 2 fully saturated rings. The van der Waals surface area contributed by atoms with Crippen molar-refractivity contribution in [2.24, 2.45) is 4.99 Å². The van der Waals surface area contributed by atoms with Gasteiger partial charge in [-0.2, -0.15) is 0 Å². The summed E-state index contributed by atoms with van der Waals surface area (Å²) in [5.74, 6) is 0.876. The largest absolute Gasteiger partial charge is 0.376 e. The summed E-state index contributed by atoms with van der Waals surface area (Å²) >= 11 is 0. The number of guanidine groups is 1. The van der Waals surface area contributed by atoms with Crippen LogP contribution in [-0.2, 0) is 4.74 Å². The maximum atomic E-state index is 6.02. The first-order chi connectivity index (χ1) is 11.7. The number of nitrogens with one attached hydrogen (secondary N) is 2. The average Bonchev–Trinajstić information content (AvgIpc) is 2.86. The lowest BCUT2D eigenvalue weighted by Crippen LogP contribution is -2.55. The van der Waals surface area contributed by atoms with E-state index in [1.807, 2.05) is 7.05 Å². The van der Waals surface area contributed by atoms with Gasteiger partial charge in [0.15, 0.2) is 5.96 Å². The lowest BCUT2D eigenvalue weighted by molar-refractivity contribution is 0.0467. The Labute approximate surface area is 148 Å². The normalized spacial score (nSPS) is 25.5. The Morgan fingerprint density at radius 2 is 1.83 bits per heavy atom. The fourth-order valence-corrected chi connectivity index (χ4v) is 3.56. The molecule has 1 heterocycles. The SMILES string of the molecule is CN=C(NCCOC1CCCCCC1)NCC1CN(C)CCN1C. The van der Waals surface area contributed by atoms with Crippen molar-refractivity contribution in [3.8, 4) is 0 Å². The molecule has 2 N–H and O–H groups in total. The molecule has 2 rings (SSSR count). The van der Waals surface area contributed by atoms with E-state index in [-0.39, 0.29) is 0 Å². The van der Waals surface area contributed by atoms with Crippen LogP contribution in [0, 0.1) is 0 Å². The van der Waals surface area contributed by atoms with Crippen LogP contribution in [0.5, 0.6) is 0 Å². The van der Waals surface area contributed by atoms with E-state index in [0.29, 0.717) is 12.1 Å². The second-order valence-corrected chi connectivity index (χ2v) is 7.26. The minimum atomic E-state index is 0.468. The Bertz CT molecular complexity index is 368. The molecule has 0 aromatic heterocycles. The predicted molar refractivity (Wildman–Crippen MR) is 101 cm³/mol. The fourth-order valence-electron chi connectivity index (χ4n) is 3.56. The summed E-state index contributed by atoms with van der Waals surface area (Å²) in [5, 5.41) is 6.83. The highest BCUT2D eigenvalue weighted by Gasteiger charge is 2.22. The third-order valence-corrected chi connectivity index (χ3v) is 5.26. The van der Waals surface area contributed by atoms with Crippen molar-refractivity contribution < 1.29 is 4.74 Å². The van der Waals surface area contributed by atoms with Gasteiger partial charge in [0.1, 0.15) is 0 Å². The van der Waals surface area contributed by atoms with Crippen LogP contribution in [0.4, 0.5) is 0 Å². The molecule has 0 bridgehead atoms.